The largest absolute Gasteiger partial charge is 0.339 e. The van der Waals surface area contributed by atoms with E-state index >= 15 is 0 Å². The first-order valence-corrected chi connectivity index (χ1v) is 8.66. The van der Waals surface area contributed by atoms with Crippen molar-refractivity contribution in [3.63, 3.8) is 0 Å². The number of amides is 1. The van der Waals surface area contributed by atoms with Crippen LogP contribution in [0.4, 0.5) is 0 Å². The fourth-order valence-corrected chi connectivity index (χ4v) is 3.62. The maximum atomic E-state index is 13.0. The Kier molecular flexibility index (Phi) is 8.60. The lowest BCUT2D eigenvalue weighted by atomic mass is 9.96. The minimum absolute atomic E-state index is 0. The summed E-state index contributed by atoms with van der Waals surface area (Å²) in [5.74, 6) is 1.69. The smallest absolute Gasteiger partial charge is 0.255 e. The molecule has 2 aromatic rings. The van der Waals surface area contributed by atoms with Crippen LogP contribution in [0.15, 0.2) is 30.5 Å². The Balaban J connectivity index is 0.00000169. The van der Waals surface area contributed by atoms with Crippen molar-refractivity contribution in [2.75, 3.05) is 26.7 Å². The molecular weight excluding hydrogens is 371 g/mol. The van der Waals surface area contributed by atoms with Crippen LogP contribution in [0.2, 0.25) is 0 Å². The molecule has 144 valence electrons. The van der Waals surface area contributed by atoms with E-state index in [-0.39, 0.29) is 30.7 Å². The average Bonchev–Trinajstić information content (AvgIpc) is 2.90. The number of likely N-dealkylation sites (tertiary alicyclic amines) is 1. The molecule has 3 heterocycles. The molecule has 1 aliphatic rings. The van der Waals surface area contributed by atoms with Gasteiger partial charge < -0.3 is 14.8 Å². The summed E-state index contributed by atoms with van der Waals surface area (Å²) in [6, 6.07) is 7.83. The maximum Gasteiger partial charge on any atom is 0.255 e. The Morgan fingerprint density at radius 3 is 2.50 bits per heavy atom. The van der Waals surface area contributed by atoms with E-state index in [0.29, 0.717) is 5.92 Å². The van der Waals surface area contributed by atoms with E-state index in [1.165, 1.54) is 0 Å². The second-order valence-corrected chi connectivity index (χ2v) is 6.60. The number of rotatable bonds is 4. The number of carbonyl (C=O) groups excluding carboxylic acids is 1. The molecule has 1 aliphatic heterocycles. The van der Waals surface area contributed by atoms with Crippen molar-refractivity contribution in [3.8, 4) is 5.82 Å². The first-order valence-electron chi connectivity index (χ1n) is 8.66. The van der Waals surface area contributed by atoms with Crippen molar-refractivity contribution in [2.45, 2.75) is 26.7 Å². The summed E-state index contributed by atoms with van der Waals surface area (Å²) in [4.78, 5) is 19.4. The first kappa shape index (κ1) is 22.5. The van der Waals surface area contributed by atoms with Crippen LogP contribution in [0, 0.1) is 19.8 Å². The molecule has 0 unspecified atom stereocenters. The molecule has 3 rings (SSSR count). The topological polar surface area (TPSA) is 50.2 Å². The van der Waals surface area contributed by atoms with Crippen molar-refractivity contribution in [1.82, 2.24) is 19.8 Å². The zero-order valence-electron chi connectivity index (χ0n) is 15.6. The van der Waals surface area contributed by atoms with Crippen LogP contribution in [0.3, 0.4) is 0 Å². The van der Waals surface area contributed by atoms with Gasteiger partial charge in [-0.1, -0.05) is 6.07 Å². The zero-order chi connectivity index (χ0) is 17.1. The van der Waals surface area contributed by atoms with E-state index in [0.717, 1.165) is 55.2 Å². The van der Waals surface area contributed by atoms with E-state index in [2.05, 4.69) is 14.9 Å². The summed E-state index contributed by atoms with van der Waals surface area (Å²) in [5.41, 5.74) is 2.80. The summed E-state index contributed by atoms with van der Waals surface area (Å²) in [6.45, 7) is 6.76. The highest BCUT2D eigenvalue weighted by Crippen LogP contribution is 2.23. The SMILES string of the molecule is CNCC1CCN(C(=O)c2cc(C)n(-c3ccccn3)c2C)CC1.Cl.Cl. The van der Waals surface area contributed by atoms with E-state index in [1.807, 2.05) is 50.1 Å². The number of carbonyl (C=O) groups is 1. The third-order valence-electron chi connectivity index (χ3n) is 4.93. The third kappa shape index (κ3) is 4.58. The summed E-state index contributed by atoms with van der Waals surface area (Å²) >= 11 is 0. The minimum Gasteiger partial charge on any atom is -0.339 e. The number of pyridine rings is 1. The van der Waals surface area contributed by atoms with E-state index < -0.39 is 0 Å². The van der Waals surface area contributed by atoms with Crippen LogP contribution in [0.25, 0.3) is 5.82 Å². The van der Waals surface area contributed by atoms with E-state index in [9.17, 15) is 4.79 Å². The van der Waals surface area contributed by atoms with Crippen LogP contribution in [0.1, 0.15) is 34.6 Å². The first-order chi connectivity index (χ1) is 11.6. The number of piperidine rings is 1. The number of nitrogens with zero attached hydrogens (tertiary/aromatic N) is 3. The molecule has 0 spiro atoms. The van der Waals surface area contributed by atoms with Crippen molar-refractivity contribution in [2.24, 2.45) is 5.92 Å². The van der Waals surface area contributed by atoms with Gasteiger partial charge in [-0.05, 0) is 64.4 Å². The van der Waals surface area contributed by atoms with Gasteiger partial charge >= 0.3 is 0 Å². The van der Waals surface area contributed by atoms with Gasteiger partial charge in [0.05, 0.1) is 5.56 Å². The molecule has 7 heteroatoms. The number of hydrogen-bond donors (Lipinski definition) is 1. The molecule has 0 bridgehead atoms. The summed E-state index contributed by atoms with van der Waals surface area (Å²) in [5, 5.41) is 3.24. The predicted molar refractivity (Wildman–Crippen MR) is 110 cm³/mol. The Labute approximate surface area is 168 Å². The normalized spacial score (nSPS) is 14.5. The van der Waals surface area contributed by atoms with Crippen molar-refractivity contribution < 1.29 is 4.79 Å². The molecule has 26 heavy (non-hydrogen) atoms. The van der Waals surface area contributed by atoms with Crippen LogP contribution in [-0.2, 0) is 0 Å². The Hall–Kier alpha value is -1.56. The lowest BCUT2D eigenvalue weighted by Crippen LogP contribution is -2.40. The van der Waals surface area contributed by atoms with E-state index in [4.69, 9.17) is 0 Å². The molecule has 0 aromatic carbocycles. The molecular formula is C19H28Cl2N4O. The van der Waals surface area contributed by atoms with Gasteiger partial charge in [0.15, 0.2) is 0 Å². The van der Waals surface area contributed by atoms with E-state index in [1.54, 1.807) is 6.20 Å². The molecule has 1 amide bonds. The second kappa shape index (κ2) is 9.95. The molecule has 1 fully saturated rings. The Morgan fingerprint density at radius 2 is 1.92 bits per heavy atom. The van der Waals surface area contributed by atoms with Gasteiger partial charge in [-0.3, -0.25) is 4.79 Å². The van der Waals surface area contributed by atoms with Gasteiger partial charge in [0.1, 0.15) is 5.82 Å². The molecule has 2 aromatic heterocycles. The van der Waals surface area contributed by atoms with Gasteiger partial charge in [0.2, 0.25) is 0 Å². The van der Waals surface area contributed by atoms with Crippen LogP contribution >= 0.6 is 24.8 Å². The highest BCUT2D eigenvalue weighted by molar-refractivity contribution is 5.96. The van der Waals surface area contributed by atoms with Crippen LogP contribution < -0.4 is 5.32 Å². The number of halogens is 2. The van der Waals surface area contributed by atoms with Gasteiger partial charge in [-0.15, -0.1) is 24.8 Å². The minimum atomic E-state index is 0. The highest BCUT2D eigenvalue weighted by atomic mass is 35.5. The second-order valence-electron chi connectivity index (χ2n) is 6.60. The Morgan fingerprint density at radius 1 is 1.23 bits per heavy atom. The third-order valence-corrected chi connectivity index (χ3v) is 4.93. The summed E-state index contributed by atoms with van der Waals surface area (Å²) in [7, 11) is 1.99. The maximum absolute atomic E-state index is 13.0. The number of aryl methyl sites for hydroxylation is 1. The number of nitrogens with one attached hydrogen (secondary N) is 1. The van der Waals surface area contributed by atoms with Crippen LogP contribution in [-0.4, -0.2) is 47.0 Å². The quantitative estimate of drug-likeness (QED) is 0.858. The average molecular weight is 399 g/mol. The molecule has 1 N–H and O–H groups in total. The molecule has 0 radical (unpaired) electrons. The van der Waals surface area contributed by atoms with Crippen molar-refractivity contribution in [3.05, 3.63) is 47.4 Å². The molecule has 0 saturated carbocycles. The Bertz CT molecular complexity index is 710. The predicted octanol–water partition coefficient (Wildman–Crippen LogP) is 3.40. The fraction of sp³-hybridized carbons (Fsp3) is 0.474. The fourth-order valence-electron chi connectivity index (χ4n) is 3.62. The van der Waals surface area contributed by atoms with Crippen molar-refractivity contribution in [1.29, 1.82) is 0 Å². The lowest BCUT2D eigenvalue weighted by molar-refractivity contribution is 0.0690. The number of hydrogen-bond acceptors (Lipinski definition) is 3. The number of aromatic nitrogens is 2. The van der Waals surface area contributed by atoms with Gasteiger partial charge in [-0.2, -0.15) is 0 Å². The molecule has 5 nitrogen and oxygen atoms in total. The lowest BCUT2D eigenvalue weighted by Gasteiger charge is -2.32. The molecule has 0 atom stereocenters. The molecule has 0 aliphatic carbocycles. The molecule has 1 saturated heterocycles. The summed E-state index contributed by atoms with van der Waals surface area (Å²) < 4.78 is 2.06. The monoisotopic (exact) mass is 398 g/mol. The van der Waals surface area contributed by atoms with Gasteiger partial charge in [-0.25, -0.2) is 4.98 Å². The van der Waals surface area contributed by atoms with Crippen LogP contribution in [0.5, 0.6) is 0 Å². The van der Waals surface area contributed by atoms with Gasteiger partial charge in [0.25, 0.3) is 5.91 Å². The van der Waals surface area contributed by atoms with Gasteiger partial charge in [0, 0.05) is 30.7 Å². The standard InChI is InChI=1S/C19H26N4O.2ClH/c1-14-12-17(15(2)23(14)18-6-4-5-9-21-18)19(24)22-10-7-16(8-11-22)13-20-3;;/h4-6,9,12,16,20H,7-8,10-11,13H2,1-3H3;2*1H. The zero-order valence-corrected chi connectivity index (χ0v) is 17.2. The van der Waals surface area contributed by atoms with Crippen molar-refractivity contribution >= 4 is 30.7 Å². The summed E-state index contributed by atoms with van der Waals surface area (Å²) in [6.07, 6.45) is 3.93. The highest BCUT2D eigenvalue weighted by Gasteiger charge is 2.26.